The summed E-state index contributed by atoms with van der Waals surface area (Å²) >= 11 is 0. The fraction of sp³-hybridized carbons (Fsp3) is 0.467. The Morgan fingerprint density at radius 1 is 1.41 bits per heavy atom. The van der Waals surface area contributed by atoms with Gasteiger partial charge in [-0.25, -0.2) is 0 Å². The summed E-state index contributed by atoms with van der Waals surface area (Å²) in [5.74, 6) is 0.413. The molecule has 2 N–H and O–H groups in total. The Morgan fingerprint density at radius 3 is 2.82 bits per heavy atom. The van der Waals surface area contributed by atoms with Crippen molar-refractivity contribution in [2.75, 3.05) is 32.6 Å². The fourth-order valence-corrected chi connectivity index (χ4v) is 2.08. The molecule has 1 fully saturated rings. The summed E-state index contributed by atoms with van der Waals surface area (Å²) in [5, 5.41) is 6.01. The van der Waals surface area contributed by atoms with E-state index in [0.717, 1.165) is 19.4 Å². The third-order valence-electron chi connectivity index (χ3n) is 3.34. The summed E-state index contributed by atoms with van der Waals surface area (Å²) in [6.45, 7) is 0.864. The molecule has 1 heterocycles. The number of nitrogens with zero attached hydrogens (tertiary/aromatic N) is 1. The first-order valence-electron chi connectivity index (χ1n) is 7.03. The Balaban J connectivity index is 0.00000242. The van der Waals surface area contributed by atoms with Crippen LogP contribution in [0, 0.1) is 0 Å². The third-order valence-corrected chi connectivity index (χ3v) is 3.34. The second kappa shape index (κ2) is 8.60. The van der Waals surface area contributed by atoms with Crippen molar-refractivity contribution in [3.05, 3.63) is 24.3 Å². The van der Waals surface area contributed by atoms with E-state index < -0.39 is 0 Å². The number of benzene rings is 1. The van der Waals surface area contributed by atoms with Crippen molar-refractivity contribution in [1.82, 2.24) is 10.2 Å². The van der Waals surface area contributed by atoms with Crippen molar-refractivity contribution in [1.29, 1.82) is 0 Å². The van der Waals surface area contributed by atoms with Crippen molar-refractivity contribution in [2.45, 2.75) is 18.9 Å². The number of amides is 2. The van der Waals surface area contributed by atoms with E-state index in [0.29, 0.717) is 11.4 Å². The van der Waals surface area contributed by atoms with Gasteiger partial charge in [-0.2, -0.15) is 0 Å². The minimum absolute atomic E-state index is 0. The van der Waals surface area contributed by atoms with Gasteiger partial charge < -0.3 is 20.3 Å². The van der Waals surface area contributed by atoms with Gasteiger partial charge in [0.25, 0.3) is 5.91 Å². The first-order chi connectivity index (χ1) is 10.1. The van der Waals surface area contributed by atoms with E-state index in [2.05, 4.69) is 10.6 Å². The maximum absolute atomic E-state index is 12.0. The lowest BCUT2D eigenvalue weighted by Crippen LogP contribution is -2.35. The standard InChI is InChI=1S/C15H21N3O3.ClH/c1-18(2)14(19)10-21-12-6-3-5-11(9-12)17-15(20)13-7-4-8-16-13;/h3,5-6,9,13,16H,4,7-8,10H2,1-2H3,(H,17,20);1H. The van der Waals surface area contributed by atoms with Crippen LogP contribution in [0.15, 0.2) is 24.3 Å². The van der Waals surface area contributed by atoms with Gasteiger partial charge in [0.05, 0.1) is 6.04 Å². The number of carbonyl (C=O) groups is 2. The molecule has 0 aliphatic carbocycles. The van der Waals surface area contributed by atoms with Gasteiger partial charge in [0.1, 0.15) is 5.75 Å². The Morgan fingerprint density at radius 2 is 2.18 bits per heavy atom. The van der Waals surface area contributed by atoms with E-state index in [9.17, 15) is 9.59 Å². The minimum atomic E-state index is -0.120. The van der Waals surface area contributed by atoms with Gasteiger partial charge in [0.15, 0.2) is 6.61 Å². The van der Waals surface area contributed by atoms with E-state index >= 15 is 0 Å². The molecule has 0 saturated carbocycles. The van der Waals surface area contributed by atoms with Crippen LogP contribution in [-0.4, -0.2) is 50.0 Å². The van der Waals surface area contributed by atoms with Crippen LogP contribution in [0.5, 0.6) is 5.75 Å². The van der Waals surface area contributed by atoms with E-state index in [4.69, 9.17) is 4.74 Å². The highest BCUT2D eigenvalue weighted by Gasteiger charge is 2.21. The Kier molecular flexibility index (Phi) is 7.14. The van der Waals surface area contributed by atoms with Gasteiger partial charge >= 0.3 is 0 Å². The second-order valence-electron chi connectivity index (χ2n) is 5.24. The molecule has 0 spiro atoms. The van der Waals surface area contributed by atoms with Crippen LogP contribution in [0.4, 0.5) is 5.69 Å². The average molecular weight is 328 g/mol. The number of anilines is 1. The molecule has 7 heteroatoms. The number of hydrogen-bond donors (Lipinski definition) is 2. The van der Waals surface area contributed by atoms with Crippen molar-refractivity contribution in [2.24, 2.45) is 0 Å². The summed E-state index contributed by atoms with van der Waals surface area (Å²) < 4.78 is 5.42. The lowest BCUT2D eigenvalue weighted by Gasteiger charge is -2.13. The first kappa shape index (κ1) is 18.3. The molecule has 0 aromatic heterocycles. The quantitative estimate of drug-likeness (QED) is 0.854. The second-order valence-corrected chi connectivity index (χ2v) is 5.24. The first-order valence-corrected chi connectivity index (χ1v) is 7.03. The summed E-state index contributed by atoms with van der Waals surface area (Å²) in [7, 11) is 3.36. The van der Waals surface area contributed by atoms with Crippen LogP contribution in [0.1, 0.15) is 12.8 Å². The zero-order valence-electron chi connectivity index (χ0n) is 12.8. The number of rotatable bonds is 5. The van der Waals surface area contributed by atoms with Crippen molar-refractivity contribution < 1.29 is 14.3 Å². The molecule has 1 unspecified atom stereocenters. The van der Waals surface area contributed by atoms with Crippen molar-refractivity contribution in [3.8, 4) is 5.75 Å². The molecule has 0 radical (unpaired) electrons. The molecule has 2 amide bonds. The highest BCUT2D eigenvalue weighted by atomic mass is 35.5. The molecule has 1 atom stereocenters. The van der Waals surface area contributed by atoms with Crippen LogP contribution in [0.25, 0.3) is 0 Å². The van der Waals surface area contributed by atoms with Crippen LogP contribution in [0.3, 0.4) is 0 Å². The predicted molar refractivity (Wildman–Crippen MR) is 87.5 cm³/mol. The Bertz CT molecular complexity index is 517. The molecular formula is C15H22ClN3O3. The summed E-state index contributed by atoms with van der Waals surface area (Å²) in [6, 6.07) is 6.94. The maximum atomic E-state index is 12.0. The Hall–Kier alpha value is -1.79. The Labute approximate surface area is 136 Å². The van der Waals surface area contributed by atoms with Crippen molar-refractivity contribution >= 4 is 29.9 Å². The highest BCUT2D eigenvalue weighted by molar-refractivity contribution is 5.95. The zero-order valence-corrected chi connectivity index (χ0v) is 13.6. The van der Waals surface area contributed by atoms with Gasteiger partial charge in [0.2, 0.25) is 5.91 Å². The summed E-state index contributed by atoms with van der Waals surface area (Å²) in [4.78, 5) is 25.0. The average Bonchev–Trinajstić information content (AvgIpc) is 2.99. The molecule has 1 aromatic rings. The van der Waals surface area contributed by atoms with Gasteiger partial charge in [0, 0.05) is 25.8 Å². The van der Waals surface area contributed by atoms with Crippen LogP contribution < -0.4 is 15.4 Å². The number of carbonyl (C=O) groups excluding carboxylic acids is 2. The molecule has 2 rings (SSSR count). The molecular weight excluding hydrogens is 306 g/mol. The monoisotopic (exact) mass is 327 g/mol. The van der Waals surface area contributed by atoms with Gasteiger partial charge in [-0.3, -0.25) is 9.59 Å². The normalized spacial score (nSPS) is 16.5. The highest BCUT2D eigenvalue weighted by Crippen LogP contribution is 2.18. The van der Waals surface area contributed by atoms with E-state index in [1.807, 2.05) is 0 Å². The lowest BCUT2D eigenvalue weighted by molar-refractivity contribution is -0.130. The molecule has 1 aliphatic heterocycles. The van der Waals surface area contributed by atoms with Crippen LogP contribution >= 0.6 is 12.4 Å². The van der Waals surface area contributed by atoms with Gasteiger partial charge in [-0.05, 0) is 31.5 Å². The molecule has 122 valence electrons. The summed E-state index contributed by atoms with van der Waals surface area (Å²) in [6.07, 6.45) is 1.88. The largest absolute Gasteiger partial charge is 0.484 e. The molecule has 0 bridgehead atoms. The third kappa shape index (κ3) is 5.20. The number of nitrogens with one attached hydrogen (secondary N) is 2. The zero-order chi connectivity index (χ0) is 15.2. The number of hydrogen-bond acceptors (Lipinski definition) is 4. The van der Waals surface area contributed by atoms with E-state index in [1.54, 1.807) is 38.4 Å². The number of halogens is 1. The topological polar surface area (TPSA) is 70.7 Å². The maximum Gasteiger partial charge on any atom is 0.259 e. The molecule has 6 nitrogen and oxygen atoms in total. The van der Waals surface area contributed by atoms with E-state index in [1.165, 1.54) is 4.90 Å². The predicted octanol–water partition coefficient (Wildman–Crippen LogP) is 1.27. The smallest absolute Gasteiger partial charge is 0.259 e. The number of likely N-dealkylation sites (N-methyl/N-ethyl adjacent to an activating group) is 1. The lowest BCUT2D eigenvalue weighted by atomic mass is 10.2. The van der Waals surface area contributed by atoms with E-state index in [-0.39, 0.29) is 36.9 Å². The fourth-order valence-electron chi connectivity index (χ4n) is 2.08. The molecule has 22 heavy (non-hydrogen) atoms. The van der Waals surface area contributed by atoms with Crippen LogP contribution in [0.2, 0.25) is 0 Å². The molecule has 1 saturated heterocycles. The minimum Gasteiger partial charge on any atom is -0.484 e. The molecule has 1 aliphatic rings. The van der Waals surface area contributed by atoms with Crippen molar-refractivity contribution in [3.63, 3.8) is 0 Å². The summed E-state index contributed by atoms with van der Waals surface area (Å²) in [5.41, 5.74) is 0.670. The molecule has 1 aromatic carbocycles. The van der Waals surface area contributed by atoms with Gasteiger partial charge in [-0.1, -0.05) is 6.07 Å². The van der Waals surface area contributed by atoms with Crippen LogP contribution in [-0.2, 0) is 9.59 Å². The number of ether oxygens (including phenoxy) is 1. The SMILES string of the molecule is CN(C)C(=O)COc1cccc(NC(=O)C2CCCN2)c1.Cl. The van der Waals surface area contributed by atoms with Gasteiger partial charge in [-0.15, -0.1) is 12.4 Å².